The molecule has 38 heavy (non-hydrogen) atoms. The van der Waals surface area contributed by atoms with Crippen LogP contribution in [0.15, 0.2) is 0 Å². The minimum atomic E-state index is -2.80. The number of hydrogen-bond acceptors (Lipinski definition) is 9. The van der Waals surface area contributed by atoms with E-state index in [0.29, 0.717) is 11.1 Å². The molecule has 1 aromatic carbocycles. The molecule has 0 saturated heterocycles. The SMILES string of the molecule is CC[C@H](C)N1Cc2c(O)c3c(c(F)c2C1)C[C@H]1C[C@H]2[C@H](N(C)C)C(=O)C(C(N)=O)C(=O)[C@@]2(O)C(=O)C1C3=O. The Morgan fingerprint density at radius 3 is 2.37 bits per heavy atom. The summed E-state index contributed by atoms with van der Waals surface area (Å²) < 4.78 is 15.9. The van der Waals surface area contributed by atoms with Crippen molar-refractivity contribution in [2.75, 3.05) is 14.1 Å². The van der Waals surface area contributed by atoms with Gasteiger partial charge in [0.25, 0.3) is 0 Å². The smallest absolute Gasteiger partial charge is 0.235 e. The summed E-state index contributed by atoms with van der Waals surface area (Å²) in [6.45, 7) is 4.50. The zero-order chi connectivity index (χ0) is 28.0. The van der Waals surface area contributed by atoms with Crippen LogP contribution in [0.3, 0.4) is 0 Å². The predicted molar refractivity (Wildman–Crippen MR) is 130 cm³/mol. The molecule has 5 rings (SSSR count). The fourth-order valence-corrected chi connectivity index (χ4v) is 7.17. The van der Waals surface area contributed by atoms with E-state index >= 15 is 4.39 Å². The maximum absolute atomic E-state index is 15.9. The Kier molecular flexibility index (Phi) is 6.12. The highest BCUT2D eigenvalue weighted by Gasteiger charge is 2.69. The number of nitrogens with zero attached hydrogens (tertiary/aromatic N) is 2. The summed E-state index contributed by atoms with van der Waals surface area (Å²) in [7, 11) is 3.03. The third-order valence-corrected chi connectivity index (χ3v) is 9.31. The number of ketones is 4. The lowest BCUT2D eigenvalue weighted by Gasteiger charge is -2.52. The van der Waals surface area contributed by atoms with Gasteiger partial charge in [-0.25, -0.2) is 4.39 Å². The van der Waals surface area contributed by atoms with Crippen molar-refractivity contribution in [1.29, 1.82) is 0 Å². The summed E-state index contributed by atoms with van der Waals surface area (Å²) in [6.07, 6.45) is 0.613. The lowest BCUT2D eigenvalue weighted by molar-refractivity contribution is -0.181. The Balaban J connectivity index is 1.62. The zero-order valence-corrected chi connectivity index (χ0v) is 21.8. The summed E-state index contributed by atoms with van der Waals surface area (Å²) in [5, 5.41) is 22.8. The molecule has 1 heterocycles. The minimum absolute atomic E-state index is 0.0154. The van der Waals surface area contributed by atoms with Gasteiger partial charge in [0.05, 0.1) is 17.5 Å². The van der Waals surface area contributed by atoms with Crippen LogP contribution in [0.5, 0.6) is 5.75 Å². The van der Waals surface area contributed by atoms with Crippen LogP contribution in [-0.4, -0.2) is 80.8 Å². The molecule has 2 unspecified atom stereocenters. The lowest BCUT2D eigenvalue weighted by atomic mass is 9.52. The number of carbonyl (C=O) groups is 5. The maximum Gasteiger partial charge on any atom is 0.235 e. The predicted octanol–water partition coefficient (Wildman–Crippen LogP) is 0.120. The van der Waals surface area contributed by atoms with Crippen LogP contribution in [0.2, 0.25) is 0 Å². The highest BCUT2D eigenvalue weighted by molar-refractivity contribution is 6.32. The second-order valence-corrected chi connectivity index (χ2v) is 11.4. The van der Waals surface area contributed by atoms with Gasteiger partial charge in [-0.05, 0) is 46.2 Å². The van der Waals surface area contributed by atoms with Gasteiger partial charge in [0.2, 0.25) is 5.91 Å². The minimum Gasteiger partial charge on any atom is -0.507 e. The van der Waals surface area contributed by atoms with Crippen molar-refractivity contribution < 1.29 is 38.6 Å². The average Bonchev–Trinajstić information content (AvgIpc) is 3.30. The molecule has 1 amide bonds. The van der Waals surface area contributed by atoms with E-state index in [1.165, 1.54) is 19.0 Å². The Morgan fingerprint density at radius 2 is 1.79 bits per heavy atom. The number of primary amides is 1. The normalized spacial score (nSPS) is 33.6. The van der Waals surface area contributed by atoms with Gasteiger partial charge < -0.3 is 15.9 Å². The van der Waals surface area contributed by atoms with E-state index in [4.69, 9.17) is 5.73 Å². The molecule has 0 bridgehead atoms. The standard InChI is InChI=1S/C27H32FN3O7/c1-5-10(2)31-8-13-14(9-31)21(32)17-12(19(13)28)6-11-7-15-20(30(3)4)23(34)18(26(29)37)25(36)27(15,38)24(35)16(11)22(17)33/h10-11,15-16,18,20,32,38H,5-9H2,1-4H3,(H2,29,37)/t10-,11-,15-,16?,18?,20-,27-/m0/s1. The second-order valence-electron chi connectivity index (χ2n) is 11.4. The quantitative estimate of drug-likeness (QED) is 0.461. The van der Waals surface area contributed by atoms with Crippen LogP contribution in [0.4, 0.5) is 4.39 Å². The molecule has 4 N–H and O–H groups in total. The molecular formula is C27H32FN3O7. The number of Topliss-reactive ketones (excluding diaryl/α,β-unsaturated/α-hetero) is 4. The first kappa shape index (κ1) is 26.6. The van der Waals surface area contributed by atoms with Crippen molar-refractivity contribution in [3.63, 3.8) is 0 Å². The molecule has 204 valence electrons. The van der Waals surface area contributed by atoms with Crippen molar-refractivity contribution in [3.8, 4) is 5.75 Å². The van der Waals surface area contributed by atoms with E-state index in [1.54, 1.807) is 0 Å². The molecule has 7 atom stereocenters. The molecule has 0 spiro atoms. The number of phenols is 1. The second kappa shape index (κ2) is 8.75. The van der Waals surface area contributed by atoms with Gasteiger partial charge >= 0.3 is 0 Å². The third kappa shape index (κ3) is 3.31. The van der Waals surface area contributed by atoms with Crippen LogP contribution < -0.4 is 5.73 Å². The molecule has 1 aliphatic heterocycles. The van der Waals surface area contributed by atoms with E-state index in [2.05, 4.69) is 0 Å². The number of rotatable bonds is 4. The summed E-state index contributed by atoms with van der Waals surface area (Å²) in [4.78, 5) is 69.5. The number of hydrogen-bond donors (Lipinski definition) is 3. The molecule has 2 fully saturated rings. The number of carbonyl (C=O) groups excluding carboxylic acids is 5. The number of aromatic hydroxyl groups is 1. The van der Waals surface area contributed by atoms with Crippen LogP contribution in [0, 0.1) is 29.5 Å². The van der Waals surface area contributed by atoms with E-state index in [1.807, 2.05) is 18.7 Å². The van der Waals surface area contributed by atoms with Crippen molar-refractivity contribution in [3.05, 3.63) is 28.1 Å². The summed E-state index contributed by atoms with van der Waals surface area (Å²) in [5.41, 5.74) is 2.87. The fourth-order valence-electron chi connectivity index (χ4n) is 7.17. The number of fused-ring (bicyclic) bond motifs is 4. The van der Waals surface area contributed by atoms with E-state index < -0.39 is 70.2 Å². The molecule has 0 aromatic heterocycles. The molecule has 3 aliphatic carbocycles. The van der Waals surface area contributed by atoms with Crippen molar-refractivity contribution in [2.45, 2.75) is 63.9 Å². The van der Waals surface area contributed by atoms with E-state index in [0.717, 1.165) is 6.42 Å². The summed E-state index contributed by atoms with van der Waals surface area (Å²) >= 11 is 0. The molecule has 2 saturated carbocycles. The highest BCUT2D eigenvalue weighted by Crippen LogP contribution is 2.52. The monoisotopic (exact) mass is 529 g/mol. The number of benzene rings is 1. The highest BCUT2D eigenvalue weighted by atomic mass is 19.1. The van der Waals surface area contributed by atoms with E-state index in [-0.39, 0.29) is 48.8 Å². The summed E-state index contributed by atoms with van der Waals surface area (Å²) in [5.74, 6) is -12.0. The van der Waals surface area contributed by atoms with Crippen LogP contribution in [-0.2, 0) is 38.7 Å². The van der Waals surface area contributed by atoms with Crippen LogP contribution in [0.25, 0.3) is 0 Å². The number of phenolic OH excluding ortho intramolecular Hbond substituents is 1. The van der Waals surface area contributed by atoms with Gasteiger partial charge in [-0.3, -0.25) is 33.8 Å². The van der Waals surface area contributed by atoms with Gasteiger partial charge in [0.15, 0.2) is 34.7 Å². The van der Waals surface area contributed by atoms with Gasteiger partial charge in [-0.15, -0.1) is 0 Å². The number of aliphatic hydroxyl groups is 1. The van der Waals surface area contributed by atoms with Gasteiger partial charge in [0.1, 0.15) is 11.6 Å². The lowest BCUT2D eigenvalue weighted by Crippen LogP contribution is -2.74. The fraction of sp³-hybridized carbons (Fsp3) is 0.593. The first-order valence-electron chi connectivity index (χ1n) is 12.9. The van der Waals surface area contributed by atoms with Gasteiger partial charge in [0, 0.05) is 41.7 Å². The number of likely N-dealkylation sites (N-methyl/N-ethyl adjacent to an activating group) is 1. The van der Waals surface area contributed by atoms with Crippen molar-refractivity contribution >= 4 is 29.0 Å². The Labute approximate surface area is 218 Å². The zero-order valence-electron chi connectivity index (χ0n) is 21.8. The van der Waals surface area contributed by atoms with Gasteiger partial charge in [-0.2, -0.15) is 0 Å². The molecule has 10 nitrogen and oxygen atoms in total. The average molecular weight is 530 g/mol. The molecular weight excluding hydrogens is 497 g/mol. The van der Waals surface area contributed by atoms with E-state index in [9.17, 15) is 34.2 Å². The van der Waals surface area contributed by atoms with Crippen molar-refractivity contribution in [1.82, 2.24) is 9.80 Å². The number of nitrogens with two attached hydrogens (primary N) is 1. The number of halogens is 1. The molecule has 1 aromatic rings. The van der Waals surface area contributed by atoms with Crippen molar-refractivity contribution in [2.24, 2.45) is 29.4 Å². The molecule has 11 heteroatoms. The Bertz CT molecular complexity index is 1310. The van der Waals surface area contributed by atoms with Crippen LogP contribution in [0.1, 0.15) is 53.7 Å². The topological polar surface area (TPSA) is 158 Å². The first-order valence-corrected chi connectivity index (χ1v) is 12.9. The Morgan fingerprint density at radius 1 is 1.16 bits per heavy atom. The first-order chi connectivity index (χ1) is 17.8. The third-order valence-electron chi connectivity index (χ3n) is 9.31. The molecule has 0 radical (unpaired) electrons. The molecule has 4 aliphatic rings. The largest absolute Gasteiger partial charge is 0.507 e. The van der Waals surface area contributed by atoms with Gasteiger partial charge in [-0.1, -0.05) is 6.92 Å². The summed E-state index contributed by atoms with van der Waals surface area (Å²) in [6, 6.07) is -1.08. The number of amides is 1. The Hall–Kier alpha value is -3.02. The maximum atomic E-state index is 15.9. The van der Waals surface area contributed by atoms with Crippen LogP contribution >= 0.6 is 0 Å².